The maximum Gasteiger partial charge on any atom is 0.148 e. The van der Waals surface area contributed by atoms with E-state index in [1.807, 2.05) is 23.6 Å². The van der Waals surface area contributed by atoms with Gasteiger partial charge in [-0.05, 0) is 42.5 Å². The maximum atomic E-state index is 14.1. The van der Waals surface area contributed by atoms with Crippen molar-refractivity contribution >= 4 is 29.2 Å². The molecule has 1 heterocycles. The van der Waals surface area contributed by atoms with Crippen molar-refractivity contribution in [2.75, 3.05) is 12.1 Å². The molecule has 0 aliphatic heterocycles. The van der Waals surface area contributed by atoms with Crippen LogP contribution in [-0.4, -0.2) is 12.0 Å². The quantitative estimate of drug-likeness (QED) is 0.690. The second-order valence-electron chi connectivity index (χ2n) is 4.99. The lowest BCUT2D eigenvalue weighted by molar-refractivity contribution is 0.622. The first kappa shape index (κ1) is 13.3. The normalized spacial score (nSPS) is 14.9. The van der Waals surface area contributed by atoms with Crippen molar-refractivity contribution in [3.8, 4) is 0 Å². The fourth-order valence-electron chi connectivity index (χ4n) is 2.35. The smallest absolute Gasteiger partial charge is 0.148 e. The standard InChI is InChI=1S/C15H16FN3S/c1-19(17)15-12(5-7-14-18-8-9-20-14)11(10-2-3-10)4-6-13(15)16/h4-10H,2-3,17H2,1H3/b7-5+. The second kappa shape index (κ2) is 5.34. The van der Waals surface area contributed by atoms with E-state index in [2.05, 4.69) is 4.98 Å². The van der Waals surface area contributed by atoms with E-state index in [1.165, 1.54) is 16.6 Å². The first-order valence-electron chi connectivity index (χ1n) is 6.55. The highest BCUT2D eigenvalue weighted by molar-refractivity contribution is 7.10. The molecule has 0 spiro atoms. The third kappa shape index (κ3) is 2.59. The minimum atomic E-state index is -0.293. The van der Waals surface area contributed by atoms with Crippen molar-refractivity contribution in [1.82, 2.24) is 4.98 Å². The van der Waals surface area contributed by atoms with Gasteiger partial charge in [-0.15, -0.1) is 11.3 Å². The van der Waals surface area contributed by atoms with Crippen LogP contribution in [0.3, 0.4) is 0 Å². The van der Waals surface area contributed by atoms with Gasteiger partial charge < -0.3 is 5.01 Å². The van der Waals surface area contributed by atoms with Crippen molar-refractivity contribution < 1.29 is 4.39 Å². The van der Waals surface area contributed by atoms with Crippen molar-refractivity contribution in [3.63, 3.8) is 0 Å². The molecular weight excluding hydrogens is 273 g/mol. The second-order valence-corrected chi connectivity index (χ2v) is 5.91. The highest BCUT2D eigenvalue weighted by atomic mass is 32.1. The van der Waals surface area contributed by atoms with Gasteiger partial charge in [0.15, 0.2) is 0 Å². The molecule has 3 rings (SSSR count). The molecule has 104 valence electrons. The van der Waals surface area contributed by atoms with Crippen molar-refractivity contribution in [2.24, 2.45) is 5.84 Å². The van der Waals surface area contributed by atoms with E-state index in [9.17, 15) is 4.39 Å². The molecule has 1 aromatic carbocycles. The summed E-state index contributed by atoms with van der Waals surface area (Å²) in [6.07, 6.45) is 7.93. The van der Waals surface area contributed by atoms with Crippen LogP contribution in [0.5, 0.6) is 0 Å². The maximum absolute atomic E-state index is 14.1. The highest BCUT2D eigenvalue weighted by Gasteiger charge is 2.28. The number of nitrogens with two attached hydrogens (primary N) is 1. The topological polar surface area (TPSA) is 42.1 Å². The Morgan fingerprint density at radius 1 is 1.40 bits per heavy atom. The highest BCUT2D eigenvalue weighted by Crippen LogP contribution is 2.44. The zero-order valence-electron chi connectivity index (χ0n) is 11.2. The van der Waals surface area contributed by atoms with Crippen LogP contribution in [0, 0.1) is 5.82 Å². The lowest BCUT2D eigenvalue weighted by Gasteiger charge is -2.19. The van der Waals surface area contributed by atoms with Gasteiger partial charge in [0.05, 0.1) is 5.69 Å². The number of hydrazine groups is 1. The number of aromatic nitrogens is 1. The average Bonchev–Trinajstić information content (AvgIpc) is 3.12. The zero-order chi connectivity index (χ0) is 14.1. The molecule has 2 N–H and O–H groups in total. The van der Waals surface area contributed by atoms with Gasteiger partial charge in [-0.3, -0.25) is 0 Å². The Balaban J connectivity index is 2.07. The number of benzene rings is 1. The number of hydrogen-bond acceptors (Lipinski definition) is 4. The summed E-state index contributed by atoms with van der Waals surface area (Å²) >= 11 is 1.55. The molecule has 20 heavy (non-hydrogen) atoms. The lowest BCUT2D eigenvalue weighted by Crippen LogP contribution is -2.27. The largest absolute Gasteiger partial charge is 0.311 e. The molecule has 0 unspecified atom stereocenters. The first-order valence-corrected chi connectivity index (χ1v) is 7.43. The molecule has 1 aliphatic carbocycles. The van der Waals surface area contributed by atoms with Crippen LogP contribution in [-0.2, 0) is 0 Å². The molecule has 1 saturated carbocycles. The summed E-state index contributed by atoms with van der Waals surface area (Å²) in [5.41, 5.74) is 2.49. The van der Waals surface area contributed by atoms with Crippen LogP contribution in [0.4, 0.5) is 10.1 Å². The van der Waals surface area contributed by atoms with Crippen LogP contribution in [0.15, 0.2) is 23.7 Å². The summed E-state index contributed by atoms with van der Waals surface area (Å²) in [4.78, 5) is 4.21. The summed E-state index contributed by atoms with van der Waals surface area (Å²) in [5.74, 6) is 6.04. The van der Waals surface area contributed by atoms with Crippen LogP contribution in [0.2, 0.25) is 0 Å². The predicted molar refractivity (Wildman–Crippen MR) is 82.0 cm³/mol. The summed E-state index contributed by atoms with van der Waals surface area (Å²) in [7, 11) is 1.66. The van der Waals surface area contributed by atoms with E-state index < -0.39 is 0 Å². The van der Waals surface area contributed by atoms with Crippen LogP contribution < -0.4 is 10.9 Å². The van der Waals surface area contributed by atoms with Gasteiger partial charge in [-0.25, -0.2) is 15.2 Å². The zero-order valence-corrected chi connectivity index (χ0v) is 12.0. The Hall–Kier alpha value is -1.72. The van der Waals surface area contributed by atoms with Gasteiger partial charge in [0.1, 0.15) is 10.8 Å². The van der Waals surface area contributed by atoms with Crippen molar-refractivity contribution in [2.45, 2.75) is 18.8 Å². The fraction of sp³-hybridized carbons (Fsp3) is 0.267. The van der Waals surface area contributed by atoms with E-state index in [-0.39, 0.29) is 5.82 Å². The summed E-state index contributed by atoms with van der Waals surface area (Å²) < 4.78 is 14.1. The van der Waals surface area contributed by atoms with Gasteiger partial charge >= 0.3 is 0 Å². The molecule has 0 bridgehead atoms. The van der Waals surface area contributed by atoms with Gasteiger partial charge in [-0.1, -0.05) is 6.07 Å². The van der Waals surface area contributed by atoms with Gasteiger partial charge in [-0.2, -0.15) is 0 Å². The third-order valence-electron chi connectivity index (χ3n) is 3.42. The van der Waals surface area contributed by atoms with Gasteiger partial charge in [0.2, 0.25) is 0 Å². The summed E-state index contributed by atoms with van der Waals surface area (Å²) in [6.45, 7) is 0. The number of thiazole rings is 1. The number of nitrogens with zero attached hydrogens (tertiary/aromatic N) is 2. The molecule has 3 nitrogen and oxygen atoms in total. The van der Waals surface area contributed by atoms with Crippen molar-refractivity contribution in [1.29, 1.82) is 0 Å². The Morgan fingerprint density at radius 2 is 2.20 bits per heavy atom. The Labute approximate surface area is 121 Å². The summed E-state index contributed by atoms with van der Waals surface area (Å²) in [5, 5.41) is 4.17. The Morgan fingerprint density at radius 3 is 2.80 bits per heavy atom. The predicted octanol–water partition coefficient (Wildman–Crippen LogP) is 3.64. The number of anilines is 1. The third-order valence-corrected chi connectivity index (χ3v) is 4.16. The minimum Gasteiger partial charge on any atom is -0.311 e. The molecule has 5 heteroatoms. The fourth-order valence-corrected chi connectivity index (χ4v) is 2.88. The monoisotopic (exact) mass is 289 g/mol. The Kier molecular flexibility index (Phi) is 3.54. The van der Waals surface area contributed by atoms with Crippen molar-refractivity contribution in [3.05, 3.63) is 45.7 Å². The number of halogens is 1. The molecule has 0 atom stereocenters. The molecular formula is C15H16FN3S. The van der Waals surface area contributed by atoms with Gasteiger partial charge in [0, 0.05) is 24.2 Å². The van der Waals surface area contributed by atoms with Crippen LogP contribution in [0.25, 0.3) is 12.2 Å². The molecule has 1 aliphatic rings. The lowest BCUT2D eigenvalue weighted by atomic mass is 10.00. The van der Waals surface area contributed by atoms with E-state index in [0.29, 0.717) is 11.6 Å². The molecule has 2 aromatic rings. The van der Waals surface area contributed by atoms with Crippen LogP contribution >= 0.6 is 11.3 Å². The van der Waals surface area contributed by atoms with E-state index >= 15 is 0 Å². The molecule has 1 aromatic heterocycles. The number of rotatable bonds is 4. The molecule has 0 radical (unpaired) electrons. The summed E-state index contributed by atoms with van der Waals surface area (Å²) in [6, 6.07) is 3.38. The van der Waals surface area contributed by atoms with E-state index in [4.69, 9.17) is 5.84 Å². The molecule has 0 amide bonds. The average molecular weight is 289 g/mol. The molecule has 0 saturated heterocycles. The van der Waals surface area contributed by atoms with E-state index in [1.54, 1.807) is 24.6 Å². The minimum absolute atomic E-state index is 0.293. The van der Waals surface area contributed by atoms with Crippen LogP contribution in [0.1, 0.15) is 34.9 Å². The SMILES string of the molecule is CN(N)c1c(F)ccc(C2CC2)c1/C=C/c1nccs1. The Bertz CT molecular complexity index is 631. The number of hydrogen-bond donors (Lipinski definition) is 1. The molecule has 1 fully saturated rings. The first-order chi connectivity index (χ1) is 9.66. The van der Waals surface area contributed by atoms with E-state index in [0.717, 1.165) is 23.4 Å². The van der Waals surface area contributed by atoms with Gasteiger partial charge in [0.25, 0.3) is 0 Å².